The maximum absolute atomic E-state index is 12.3. The fourth-order valence-corrected chi connectivity index (χ4v) is 3.57. The number of aryl methyl sites for hydroxylation is 1. The summed E-state index contributed by atoms with van der Waals surface area (Å²) in [5.74, 6) is 1.70. The molecule has 1 N–H and O–H groups in total. The van der Waals surface area contributed by atoms with Crippen molar-refractivity contribution in [2.45, 2.75) is 25.5 Å². The monoisotopic (exact) mass is 408 g/mol. The fourth-order valence-electron chi connectivity index (χ4n) is 2.82. The average Bonchev–Trinajstić information content (AvgIpc) is 3.10. The Hall–Kier alpha value is -3.06. The second-order valence-electron chi connectivity index (χ2n) is 6.37. The summed E-state index contributed by atoms with van der Waals surface area (Å²) >= 11 is 1.35. The molecule has 0 unspecified atom stereocenters. The van der Waals surface area contributed by atoms with Gasteiger partial charge in [-0.05, 0) is 55.8 Å². The Morgan fingerprint density at radius 2 is 2.03 bits per heavy atom. The minimum absolute atomic E-state index is 0.0867. The largest absolute Gasteiger partial charge is 0.494 e. The predicted molar refractivity (Wildman–Crippen MR) is 117 cm³/mol. The summed E-state index contributed by atoms with van der Waals surface area (Å²) in [5.41, 5.74) is 2.82. The van der Waals surface area contributed by atoms with Crippen LogP contribution in [0, 0.1) is 6.92 Å². The van der Waals surface area contributed by atoms with E-state index in [1.807, 2.05) is 66.9 Å². The number of anilines is 1. The topological polar surface area (TPSA) is 69.0 Å². The maximum atomic E-state index is 12.3. The molecule has 0 aliphatic carbocycles. The smallest absolute Gasteiger partial charge is 0.234 e. The van der Waals surface area contributed by atoms with E-state index in [0.717, 1.165) is 28.4 Å². The number of amides is 1. The van der Waals surface area contributed by atoms with Crippen LogP contribution in [0.3, 0.4) is 0 Å². The number of carbonyl (C=O) groups excluding carboxylic acids is 1. The highest BCUT2D eigenvalue weighted by molar-refractivity contribution is 7.99. The quantitative estimate of drug-likeness (QED) is 0.415. The number of ether oxygens (including phenoxy) is 1. The van der Waals surface area contributed by atoms with Gasteiger partial charge in [0, 0.05) is 17.8 Å². The Bertz CT molecular complexity index is 983. The minimum Gasteiger partial charge on any atom is -0.494 e. The molecule has 150 valence electrons. The van der Waals surface area contributed by atoms with E-state index in [1.54, 1.807) is 6.08 Å². The molecule has 0 saturated heterocycles. The molecule has 0 bridgehead atoms. The van der Waals surface area contributed by atoms with Crippen molar-refractivity contribution in [2.24, 2.45) is 0 Å². The minimum atomic E-state index is -0.0867. The van der Waals surface area contributed by atoms with Crippen LogP contribution >= 0.6 is 11.8 Å². The molecule has 0 aliphatic heterocycles. The summed E-state index contributed by atoms with van der Waals surface area (Å²) in [7, 11) is 0. The zero-order valence-electron chi connectivity index (χ0n) is 16.6. The van der Waals surface area contributed by atoms with Gasteiger partial charge in [-0.15, -0.1) is 16.8 Å². The van der Waals surface area contributed by atoms with Crippen LogP contribution in [0.5, 0.6) is 5.75 Å². The molecule has 0 radical (unpaired) electrons. The number of carbonyl (C=O) groups is 1. The number of thioether (sulfide) groups is 1. The molecule has 7 heteroatoms. The fraction of sp³-hybridized carbons (Fsp3) is 0.227. The van der Waals surface area contributed by atoms with Gasteiger partial charge in [-0.2, -0.15) is 0 Å². The van der Waals surface area contributed by atoms with Crippen LogP contribution in [-0.4, -0.2) is 33.0 Å². The van der Waals surface area contributed by atoms with Crippen molar-refractivity contribution >= 4 is 23.4 Å². The molecule has 1 amide bonds. The van der Waals surface area contributed by atoms with Crippen molar-refractivity contribution in [1.82, 2.24) is 14.8 Å². The molecular formula is C22H24N4O2S. The van der Waals surface area contributed by atoms with Gasteiger partial charge in [0.25, 0.3) is 0 Å². The first-order valence-corrected chi connectivity index (χ1v) is 10.4. The summed E-state index contributed by atoms with van der Waals surface area (Å²) in [6.45, 7) is 8.94. The number of hydrogen-bond acceptors (Lipinski definition) is 5. The lowest BCUT2D eigenvalue weighted by atomic mass is 10.2. The lowest BCUT2D eigenvalue weighted by molar-refractivity contribution is -0.113. The van der Waals surface area contributed by atoms with Gasteiger partial charge in [-0.1, -0.05) is 30.0 Å². The first kappa shape index (κ1) is 20.7. The van der Waals surface area contributed by atoms with Crippen LogP contribution in [-0.2, 0) is 11.3 Å². The van der Waals surface area contributed by atoms with Gasteiger partial charge in [0.05, 0.1) is 12.4 Å². The van der Waals surface area contributed by atoms with Crippen LogP contribution in [0.25, 0.3) is 11.4 Å². The Morgan fingerprint density at radius 3 is 2.72 bits per heavy atom. The van der Waals surface area contributed by atoms with E-state index in [-0.39, 0.29) is 11.7 Å². The number of nitrogens with zero attached hydrogens (tertiary/aromatic N) is 3. The third-order valence-electron chi connectivity index (χ3n) is 4.09. The van der Waals surface area contributed by atoms with Crippen LogP contribution < -0.4 is 10.1 Å². The Labute approximate surface area is 175 Å². The van der Waals surface area contributed by atoms with Crippen molar-refractivity contribution in [3.63, 3.8) is 0 Å². The highest BCUT2D eigenvalue weighted by Gasteiger charge is 2.15. The molecule has 2 aromatic carbocycles. The summed E-state index contributed by atoms with van der Waals surface area (Å²) in [6, 6.07) is 15.4. The molecule has 0 atom stereocenters. The molecule has 0 fully saturated rings. The van der Waals surface area contributed by atoms with Crippen LogP contribution in [0.4, 0.5) is 5.69 Å². The molecule has 0 saturated carbocycles. The van der Waals surface area contributed by atoms with Crippen LogP contribution in [0.1, 0.15) is 12.5 Å². The van der Waals surface area contributed by atoms with Crippen molar-refractivity contribution in [3.8, 4) is 17.1 Å². The standard InChI is InChI=1S/C22H24N4O2S/c1-4-13-26-21(17-9-11-19(12-10-17)28-5-2)24-25-22(26)29-15-20(27)23-18-8-6-7-16(3)14-18/h4,6-12,14H,1,5,13,15H2,2-3H3,(H,23,27). The van der Waals surface area contributed by atoms with Crippen molar-refractivity contribution in [3.05, 3.63) is 66.7 Å². The number of hydrogen-bond donors (Lipinski definition) is 1. The van der Waals surface area contributed by atoms with E-state index < -0.39 is 0 Å². The van der Waals surface area contributed by atoms with E-state index >= 15 is 0 Å². The lowest BCUT2D eigenvalue weighted by Crippen LogP contribution is -2.14. The van der Waals surface area contributed by atoms with Gasteiger partial charge in [-0.25, -0.2) is 0 Å². The van der Waals surface area contributed by atoms with E-state index in [9.17, 15) is 4.79 Å². The molecule has 6 nitrogen and oxygen atoms in total. The summed E-state index contributed by atoms with van der Waals surface area (Å²) in [6.07, 6.45) is 1.79. The number of benzene rings is 2. The maximum Gasteiger partial charge on any atom is 0.234 e. The number of nitrogens with one attached hydrogen (secondary N) is 1. The molecule has 3 rings (SSSR count). The average molecular weight is 409 g/mol. The van der Waals surface area contributed by atoms with Gasteiger partial charge in [0.15, 0.2) is 11.0 Å². The van der Waals surface area contributed by atoms with Gasteiger partial charge in [-0.3, -0.25) is 9.36 Å². The third-order valence-corrected chi connectivity index (χ3v) is 5.05. The lowest BCUT2D eigenvalue weighted by Gasteiger charge is -2.09. The molecule has 29 heavy (non-hydrogen) atoms. The van der Waals surface area contributed by atoms with Gasteiger partial charge in [0.2, 0.25) is 5.91 Å². The molecule has 0 aliphatic rings. The SMILES string of the molecule is C=CCn1c(SCC(=O)Nc2cccc(C)c2)nnc1-c1ccc(OCC)cc1. The van der Waals surface area contributed by atoms with E-state index in [4.69, 9.17) is 4.74 Å². The Morgan fingerprint density at radius 1 is 1.24 bits per heavy atom. The molecule has 0 spiro atoms. The van der Waals surface area contributed by atoms with Gasteiger partial charge < -0.3 is 10.1 Å². The van der Waals surface area contributed by atoms with Gasteiger partial charge in [0.1, 0.15) is 5.75 Å². The van der Waals surface area contributed by atoms with Gasteiger partial charge >= 0.3 is 0 Å². The molecule has 1 aromatic heterocycles. The second-order valence-corrected chi connectivity index (χ2v) is 7.31. The number of aromatic nitrogens is 3. The van der Waals surface area contributed by atoms with Crippen molar-refractivity contribution in [2.75, 3.05) is 17.7 Å². The van der Waals surface area contributed by atoms with Crippen molar-refractivity contribution in [1.29, 1.82) is 0 Å². The van der Waals surface area contributed by atoms with E-state index in [1.165, 1.54) is 11.8 Å². The molecule has 1 heterocycles. The van der Waals surface area contributed by atoms with Crippen LogP contribution in [0.15, 0.2) is 66.3 Å². The molecular weight excluding hydrogens is 384 g/mol. The molecule has 3 aromatic rings. The summed E-state index contributed by atoms with van der Waals surface area (Å²) in [4.78, 5) is 12.3. The zero-order chi connectivity index (χ0) is 20.6. The summed E-state index contributed by atoms with van der Waals surface area (Å²) in [5, 5.41) is 12.2. The predicted octanol–water partition coefficient (Wildman–Crippen LogP) is 4.57. The zero-order valence-corrected chi connectivity index (χ0v) is 17.4. The van der Waals surface area contributed by atoms with Crippen molar-refractivity contribution < 1.29 is 9.53 Å². The normalized spacial score (nSPS) is 10.6. The van der Waals surface area contributed by atoms with Crippen LogP contribution in [0.2, 0.25) is 0 Å². The highest BCUT2D eigenvalue weighted by Crippen LogP contribution is 2.26. The second kappa shape index (κ2) is 9.93. The van der Waals surface area contributed by atoms with E-state index in [0.29, 0.717) is 18.3 Å². The Kier molecular flexibility index (Phi) is 7.08. The third kappa shape index (κ3) is 5.48. The first-order valence-electron chi connectivity index (χ1n) is 9.37. The first-order chi connectivity index (χ1) is 14.1. The number of rotatable bonds is 9. The summed E-state index contributed by atoms with van der Waals surface area (Å²) < 4.78 is 7.44. The van der Waals surface area contributed by atoms with E-state index in [2.05, 4.69) is 22.1 Å². The number of allylic oxidation sites excluding steroid dienone is 1. The highest BCUT2D eigenvalue weighted by atomic mass is 32.2. The Balaban J connectivity index is 1.71.